The van der Waals surface area contributed by atoms with Crippen LogP contribution in [0.15, 0.2) is 35.4 Å². The first-order chi connectivity index (χ1) is 11.7. The summed E-state index contributed by atoms with van der Waals surface area (Å²) in [4.78, 5) is 34.2. The Hall–Kier alpha value is -2.81. The summed E-state index contributed by atoms with van der Waals surface area (Å²) >= 11 is 0. The number of hydrogen-bond acceptors (Lipinski definition) is 7. The maximum atomic E-state index is 11.9. The molecule has 0 aromatic carbocycles. The lowest BCUT2D eigenvalue weighted by Gasteiger charge is -2.26. The first-order valence-electron chi connectivity index (χ1n) is 7.66. The van der Waals surface area contributed by atoms with Gasteiger partial charge in [0, 0.05) is 31.5 Å². The zero-order valence-corrected chi connectivity index (χ0v) is 13.1. The van der Waals surface area contributed by atoms with Gasteiger partial charge in [0.2, 0.25) is 11.9 Å². The average molecular weight is 330 g/mol. The van der Waals surface area contributed by atoms with Gasteiger partial charge in [-0.15, -0.1) is 0 Å². The average Bonchev–Trinajstić information content (AvgIpc) is 2.63. The lowest BCUT2D eigenvalue weighted by Crippen LogP contribution is -2.37. The zero-order valence-electron chi connectivity index (χ0n) is 13.1. The van der Waals surface area contributed by atoms with Crippen LogP contribution in [0.3, 0.4) is 0 Å². The van der Waals surface area contributed by atoms with E-state index in [1.54, 1.807) is 12.3 Å². The van der Waals surface area contributed by atoms with Gasteiger partial charge in [-0.3, -0.25) is 9.59 Å². The van der Waals surface area contributed by atoms with E-state index < -0.39 is 0 Å². The Balaban J connectivity index is 1.57. The van der Waals surface area contributed by atoms with Gasteiger partial charge >= 0.3 is 0 Å². The molecule has 9 heteroatoms. The third-order valence-corrected chi connectivity index (χ3v) is 3.54. The molecule has 0 aliphatic carbocycles. The second-order valence-electron chi connectivity index (χ2n) is 5.24. The lowest BCUT2D eigenvalue weighted by atomic mass is 10.4. The third-order valence-electron chi connectivity index (χ3n) is 3.54. The Morgan fingerprint density at radius 1 is 1.25 bits per heavy atom. The predicted octanol–water partition coefficient (Wildman–Crippen LogP) is -0.814. The molecule has 3 rings (SSSR count). The molecule has 0 saturated carbocycles. The van der Waals surface area contributed by atoms with Crippen molar-refractivity contribution in [3.05, 3.63) is 46.6 Å². The summed E-state index contributed by atoms with van der Waals surface area (Å²) < 4.78 is 6.41. The second-order valence-corrected chi connectivity index (χ2v) is 5.24. The van der Waals surface area contributed by atoms with E-state index in [4.69, 9.17) is 4.74 Å². The zero-order chi connectivity index (χ0) is 16.8. The molecule has 1 aliphatic heterocycles. The van der Waals surface area contributed by atoms with Gasteiger partial charge in [-0.2, -0.15) is 5.10 Å². The summed E-state index contributed by atoms with van der Waals surface area (Å²) in [5.74, 6) is 0.327. The fourth-order valence-corrected chi connectivity index (χ4v) is 2.29. The maximum Gasteiger partial charge on any atom is 0.267 e. The number of nitrogens with zero attached hydrogens (tertiary/aromatic N) is 5. The fourth-order valence-electron chi connectivity index (χ4n) is 2.29. The van der Waals surface area contributed by atoms with Crippen LogP contribution in [0.1, 0.15) is 5.69 Å². The number of morpholine rings is 1. The molecule has 0 bridgehead atoms. The number of rotatable bonds is 5. The Bertz CT molecular complexity index is 757. The van der Waals surface area contributed by atoms with Crippen molar-refractivity contribution in [3.8, 4) is 0 Å². The molecule has 1 amide bonds. The molecule has 0 radical (unpaired) electrons. The van der Waals surface area contributed by atoms with Crippen molar-refractivity contribution in [1.82, 2.24) is 25.1 Å². The van der Waals surface area contributed by atoms with Crippen molar-refractivity contribution in [2.75, 3.05) is 31.2 Å². The molecule has 1 fully saturated rings. The summed E-state index contributed by atoms with van der Waals surface area (Å²) in [5.41, 5.74) is 0.387. The van der Waals surface area contributed by atoms with Crippen LogP contribution in [-0.2, 0) is 22.6 Å². The first kappa shape index (κ1) is 16.1. The molecule has 0 atom stereocenters. The van der Waals surface area contributed by atoms with E-state index in [9.17, 15) is 9.59 Å². The van der Waals surface area contributed by atoms with Crippen LogP contribution in [0.4, 0.5) is 5.95 Å². The number of aromatic nitrogens is 4. The van der Waals surface area contributed by atoms with Crippen LogP contribution in [0.5, 0.6) is 0 Å². The fraction of sp³-hybridized carbons (Fsp3) is 0.400. The van der Waals surface area contributed by atoms with Crippen LogP contribution in [0, 0.1) is 0 Å². The van der Waals surface area contributed by atoms with E-state index in [-0.39, 0.29) is 24.6 Å². The quantitative estimate of drug-likeness (QED) is 0.764. The number of ether oxygens (including phenoxy) is 1. The standard InChI is InChI=1S/C15H18N6O3/c22-13(11-21-14(23)2-1-4-18-21)17-10-12-3-5-16-15(19-12)20-6-8-24-9-7-20/h1-5H,6-11H2,(H,17,22). The van der Waals surface area contributed by atoms with Crippen LogP contribution >= 0.6 is 0 Å². The minimum absolute atomic E-state index is 0.124. The minimum Gasteiger partial charge on any atom is -0.378 e. The monoisotopic (exact) mass is 330 g/mol. The molecule has 9 nitrogen and oxygen atoms in total. The Morgan fingerprint density at radius 2 is 2.08 bits per heavy atom. The predicted molar refractivity (Wildman–Crippen MR) is 85.4 cm³/mol. The number of nitrogens with one attached hydrogen (secondary N) is 1. The van der Waals surface area contributed by atoms with E-state index in [1.807, 2.05) is 4.90 Å². The van der Waals surface area contributed by atoms with Crippen LogP contribution in [0.2, 0.25) is 0 Å². The summed E-state index contributed by atoms with van der Waals surface area (Å²) in [6.07, 6.45) is 3.14. The number of anilines is 1. The highest BCUT2D eigenvalue weighted by molar-refractivity contribution is 5.75. The van der Waals surface area contributed by atoms with Crippen LogP contribution in [0.25, 0.3) is 0 Å². The largest absolute Gasteiger partial charge is 0.378 e. The number of carbonyl (C=O) groups excluding carboxylic acids is 1. The molecule has 1 aliphatic rings. The number of amides is 1. The molecule has 24 heavy (non-hydrogen) atoms. The topological polar surface area (TPSA) is 102 Å². The smallest absolute Gasteiger partial charge is 0.267 e. The summed E-state index contributed by atoms with van der Waals surface area (Å²) in [6, 6.07) is 4.64. The molecule has 2 aromatic rings. The number of carbonyl (C=O) groups is 1. The Morgan fingerprint density at radius 3 is 2.88 bits per heavy atom. The van der Waals surface area contributed by atoms with Crippen molar-refractivity contribution in [2.24, 2.45) is 0 Å². The first-order valence-corrected chi connectivity index (χ1v) is 7.66. The van der Waals surface area contributed by atoms with E-state index in [2.05, 4.69) is 20.4 Å². The molecule has 1 saturated heterocycles. The van der Waals surface area contributed by atoms with Gasteiger partial charge in [-0.25, -0.2) is 14.6 Å². The maximum absolute atomic E-state index is 11.9. The molecule has 0 spiro atoms. The lowest BCUT2D eigenvalue weighted by molar-refractivity contribution is -0.122. The van der Waals surface area contributed by atoms with Gasteiger partial charge in [-0.1, -0.05) is 0 Å². The van der Waals surface area contributed by atoms with E-state index in [1.165, 1.54) is 18.3 Å². The SMILES string of the molecule is O=C(Cn1ncccc1=O)NCc1ccnc(N2CCOCC2)n1. The van der Waals surface area contributed by atoms with Crippen molar-refractivity contribution in [3.63, 3.8) is 0 Å². The van der Waals surface area contributed by atoms with Crippen molar-refractivity contribution in [1.29, 1.82) is 0 Å². The number of hydrogen-bond donors (Lipinski definition) is 1. The van der Waals surface area contributed by atoms with Crippen LogP contribution in [-0.4, -0.2) is 52.0 Å². The third kappa shape index (κ3) is 4.13. The molecule has 126 valence electrons. The van der Waals surface area contributed by atoms with Gasteiger partial charge < -0.3 is 15.0 Å². The molecular weight excluding hydrogens is 312 g/mol. The van der Waals surface area contributed by atoms with Gasteiger partial charge in [0.25, 0.3) is 5.56 Å². The normalized spacial score (nSPS) is 14.4. The van der Waals surface area contributed by atoms with Crippen molar-refractivity contribution >= 4 is 11.9 Å². The molecule has 2 aromatic heterocycles. The minimum atomic E-state index is -0.315. The van der Waals surface area contributed by atoms with E-state index >= 15 is 0 Å². The highest BCUT2D eigenvalue weighted by atomic mass is 16.5. The summed E-state index contributed by atoms with van der Waals surface area (Å²) in [6.45, 7) is 2.95. The van der Waals surface area contributed by atoms with E-state index in [0.717, 1.165) is 17.8 Å². The van der Waals surface area contributed by atoms with Crippen molar-refractivity contribution < 1.29 is 9.53 Å². The molecule has 0 unspecified atom stereocenters. The molecule has 1 N–H and O–H groups in total. The van der Waals surface area contributed by atoms with E-state index in [0.29, 0.717) is 24.9 Å². The second kappa shape index (κ2) is 7.64. The van der Waals surface area contributed by atoms with Gasteiger partial charge in [-0.05, 0) is 12.1 Å². The van der Waals surface area contributed by atoms with Crippen LogP contribution < -0.4 is 15.8 Å². The van der Waals surface area contributed by atoms with Crippen molar-refractivity contribution in [2.45, 2.75) is 13.1 Å². The summed E-state index contributed by atoms with van der Waals surface area (Å²) in [5, 5.41) is 6.58. The molecule has 3 heterocycles. The highest BCUT2D eigenvalue weighted by Crippen LogP contribution is 2.09. The highest BCUT2D eigenvalue weighted by Gasteiger charge is 2.14. The van der Waals surface area contributed by atoms with Gasteiger partial charge in [0.05, 0.1) is 25.5 Å². The van der Waals surface area contributed by atoms with Gasteiger partial charge in [0.15, 0.2) is 0 Å². The Labute approximate surface area is 138 Å². The summed E-state index contributed by atoms with van der Waals surface area (Å²) in [7, 11) is 0. The molecular formula is C15H18N6O3. The Kier molecular flexibility index (Phi) is 5.12. The van der Waals surface area contributed by atoms with Gasteiger partial charge in [0.1, 0.15) is 6.54 Å².